The third-order valence-corrected chi connectivity index (χ3v) is 5.00. The Labute approximate surface area is 108 Å². The molecule has 0 aromatic carbocycles. The molecule has 4 bridgehead atoms. The van der Waals surface area contributed by atoms with Crippen LogP contribution < -0.4 is 0 Å². The van der Waals surface area contributed by atoms with Crippen LogP contribution in [0.15, 0.2) is 0 Å². The van der Waals surface area contributed by atoms with Crippen LogP contribution in [0, 0.1) is 17.8 Å². The van der Waals surface area contributed by atoms with Gasteiger partial charge in [-0.25, -0.2) is 0 Å². The van der Waals surface area contributed by atoms with Crippen LogP contribution in [-0.4, -0.2) is 17.4 Å². The number of ketones is 1. The summed E-state index contributed by atoms with van der Waals surface area (Å²) in [5.41, 5.74) is -0.269. The predicted molar refractivity (Wildman–Crippen MR) is 66.9 cm³/mol. The summed E-state index contributed by atoms with van der Waals surface area (Å²) >= 11 is 0. The molecule has 4 aliphatic rings. The molecule has 18 heavy (non-hydrogen) atoms. The van der Waals surface area contributed by atoms with E-state index in [0.29, 0.717) is 18.1 Å². The van der Waals surface area contributed by atoms with Gasteiger partial charge < -0.3 is 4.74 Å². The second-order valence-corrected chi connectivity index (χ2v) is 6.51. The van der Waals surface area contributed by atoms with Crippen LogP contribution in [0.2, 0.25) is 0 Å². The van der Waals surface area contributed by atoms with E-state index in [0.717, 1.165) is 44.9 Å². The Morgan fingerprint density at radius 3 is 2.56 bits per heavy atom. The van der Waals surface area contributed by atoms with Crippen molar-refractivity contribution in [1.29, 1.82) is 0 Å². The average Bonchev–Trinajstić information content (AvgIpc) is 2.31. The molecule has 0 aliphatic heterocycles. The minimum atomic E-state index is -0.269. The molecule has 4 aliphatic carbocycles. The Morgan fingerprint density at radius 1 is 1.28 bits per heavy atom. The van der Waals surface area contributed by atoms with E-state index in [4.69, 9.17) is 4.74 Å². The van der Waals surface area contributed by atoms with Crippen molar-refractivity contribution in [1.82, 2.24) is 0 Å². The molecule has 0 amide bonds. The lowest BCUT2D eigenvalue weighted by Crippen LogP contribution is -2.56. The number of ether oxygens (including phenoxy) is 1. The molecule has 4 fully saturated rings. The second kappa shape index (κ2) is 4.36. The van der Waals surface area contributed by atoms with E-state index in [2.05, 4.69) is 6.92 Å². The van der Waals surface area contributed by atoms with Gasteiger partial charge in [0.1, 0.15) is 11.4 Å². The lowest BCUT2D eigenvalue weighted by Gasteiger charge is -2.54. The molecular weight excluding hydrogens is 228 g/mol. The monoisotopic (exact) mass is 250 g/mol. The molecule has 4 saturated carbocycles. The number of carbonyl (C=O) groups excluding carboxylic acids is 2. The first-order chi connectivity index (χ1) is 8.62. The third kappa shape index (κ3) is 1.98. The number of hydrogen-bond donors (Lipinski definition) is 0. The van der Waals surface area contributed by atoms with Gasteiger partial charge >= 0.3 is 5.97 Å². The summed E-state index contributed by atoms with van der Waals surface area (Å²) in [6.45, 7) is 2.08. The van der Waals surface area contributed by atoms with Crippen molar-refractivity contribution in [3.8, 4) is 0 Å². The molecule has 0 aromatic heterocycles. The summed E-state index contributed by atoms with van der Waals surface area (Å²) < 4.78 is 5.81. The molecular formula is C15H22O3. The van der Waals surface area contributed by atoms with Gasteiger partial charge in [-0.05, 0) is 44.4 Å². The van der Waals surface area contributed by atoms with Crippen molar-refractivity contribution in [2.45, 2.75) is 63.9 Å². The van der Waals surface area contributed by atoms with Crippen molar-refractivity contribution >= 4 is 11.8 Å². The molecule has 0 N–H and O–H groups in total. The maximum Gasteiger partial charge on any atom is 0.306 e. The predicted octanol–water partition coefficient (Wildman–Crippen LogP) is 2.87. The van der Waals surface area contributed by atoms with E-state index < -0.39 is 0 Å². The third-order valence-electron chi connectivity index (χ3n) is 5.00. The van der Waals surface area contributed by atoms with Crippen molar-refractivity contribution in [2.24, 2.45) is 17.8 Å². The van der Waals surface area contributed by atoms with Gasteiger partial charge in [0, 0.05) is 18.3 Å². The van der Waals surface area contributed by atoms with Crippen LogP contribution in [0.4, 0.5) is 0 Å². The number of rotatable bonds is 4. The van der Waals surface area contributed by atoms with Crippen LogP contribution in [0.5, 0.6) is 0 Å². The van der Waals surface area contributed by atoms with Crippen molar-refractivity contribution < 1.29 is 14.3 Å². The number of hydrogen-bond acceptors (Lipinski definition) is 3. The Bertz CT molecular complexity index is 356. The van der Waals surface area contributed by atoms with E-state index in [1.165, 1.54) is 0 Å². The molecule has 0 saturated heterocycles. The molecule has 4 rings (SSSR count). The first-order valence-corrected chi connectivity index (χ1v) is 7.37. The molecule has 100 valence electrons. The highest BCUT2D eigenvalue weighted by Gasteiger charge is 2.56. The van der Waals surface area contributed by atoms with Crippen LogP contribution in [0.25, 0.3) is 0 Å². The quantitative estimate of drug-likeness (QED) is 0.721. The number of unbranched alkanes of at least 4 members (excludes halogenated alkanes) is 1. The molecule has 3 heteroatoms. The Kier molecular flexibility index (Phi) is 2.95. The van der Waals surface area contributed by atoms with E-state index >= 15 is 0 Å². The van der Waals surface area contributed by atoms with Gasteiger partial charge in [-0.15, -0.1) is 0 Å². The largest absolute Gasteiger partial charge is 0.459 e. The summed E-state index contributed by atoms with van der Waals surface area (Å²) in [5, 5.41) is 0. The van der Waals surface area contributed by atoms with Gasteiger partial charge in [0.2, 0.25) is 0 Å². The average molecular weight is 250 g/mol. The number of Topliss-reactive ketones (excluding diaryl/α,β-unsaturated/α-hetero) is 1. The zero-order chi connectivity index (χ0) is 12.8. The standard InChI is InChI=1S/C15H22O3/c1-2-3-4-13(16)18-15-7-10-5-11(8-15)14(17)12(6-10)9-15/h10-12H,2-9H2,1H3. The van der Waals surface area contributed by atoms with Crippen molar-refractivity contribution in [3.63, 3.8) is 0 Å². The summed E-state index contributed by atoms with van der Waals surface area (Å²) in [6.07, 6.45) is 7.16. The Balaban J connectivity index is 1.69. The lowest BCUT2D eigenvalue weighted by atomic mass is 9.53. The van der Waals surface area contributed by atoms with Gasteiger partial charge in [0.25, 0.3) is 0 Å². The normalized spacial score (nSPS) is 41.2. The highest BCUT2D eigenvalue weighted by atomic mass is 16.6. The van der Waals surface area contributed by atoms with Gasteiger partial charge in [-0.3, -0.25) is 9.59 Å². The minimum absolute atomic E-state index is 0.0498. The second-order valence-electron chi connectivity index (χ2n) is 6.51. The van der Waals surface area contributed by atoms with Crippen molar-refractivity contribution in [3.05, 3.63) is 0 Å². The first kappa shape index (κ1) is 12.2. The SMILES string of the molecule is CCCCC(=O)OC12CC3CC(C1)C(=O)C(C3)C2. The Hall–Kier alpha value is -0.860. The van der Waals surface area contributed by atoms with Crippen LogP contribution in [0.1, 0.15) is 58.3 Å². The summed E-state index contributed by atoms with van der Waals surface area (Å²) in [6, 6.07) is 0. The maximum atomic E-state index is 12.0. The molecule has 0 radical (unpaired) electrons. The van der Waals surface area contributed by atoms with Gasteiger partial charge in [0.15, 0.2) is 0 Å². The molecule has 2 atom stereocenters. The molecule has 0 aromatic rings. The topological polar surface area (TPSA) is 43.4 Å². The minimum Gasteiger partial charge on any atom is -0.459 e. The molecule has 2 unspecified atom stereocenters. The number of carbonyl (C=O) groups is 2. The van der Waals surface area contributed by atoms with Gasteiger partial charge in [0.05, 0.1) is 0 Å². The maximum absolute atomic E-state index is 12.0. The van der Waals surface area contributed by atoms with Crippen LogP contribution in [-0.2, 0) is 14.3 Å². The van der Waals surface area contributed by atoms with Crippen LogP contribution in [0.3, 0.4) is 0 Å². The molecule has 0 spiro atoms. The molecule has 0 heterocycles. The smallest absolute Gasteiger partial charge is 0.306 e. The fourth-order valence-corrected chi connectivity index (χ4v) is 4.41. The Morgan fingerprint density at radius 2 is 1.94 bits per heavy atom. The van der Waals surface area contributed by atoms with E-state index in [1.54, 1.807) is 0 Å². The zero-order valence-corrected chi connectivity index (χ0v) is 11.1. The zero-order valence-electron chi connectivity index (χ0n) is 11.1. The van der Waals surface area contributed by atoms with Gasteiger partial charge in [-0.2, -0.15) is 0 Å². The summed E-state index contributed by atoms with van der Waals surface area (Å²) in [7, 11) is 0. The fraction of sp³-hybridized carbons (Fsp3) is 0.867. The number of esters is 1. The van der Waals surface area contributed by atoms with E-state index in [-0.39, 0.29) is 23.4 Å². The van der Waals surface area contributed by atoms with Crippen molar-refractivity contribution in [2.75, 3.05) is 0 Å². The van der Waals surface area contributed by atoms with Crippen LogP contribution >= 0.6 is 0 Å². The highest BCUT2D eigenvalue weighted by molar-refractivity contribution is 5.86. The highest BCUT2D eigenvalue weighted by Crippen LogP contribution is 2.55. The summed E-state index contributed by atoms with van der Waals surface area (Å²) in [4.78, 5) is 23.9. The van der Waals surface area contributed by atoms with E-state index in [9.17, 15) is 9.59 Å². The first-order valence-electron chi connectivity index (χ1n) is 7.37. The molecule has 3 nitrogen and oxygen atoms in total. The van der Waals surface area contributed by atoms with Gasteiger partial charge in [-0.1, -0.05) is 13.3 Å². The lowest BCUT2D eigenvalue weighted by molar-refractivity contribution is -0.189. The summed E-state index contributed by atoms with van der Waals surface area (Å²) in [5.74, 6) is 1.40. The fourth-order valence-electron chi connectivity index (χ4n) is 4.41. The van der Waals surface area contributed by atoms with E-state index in [1.807, 2.05) is 0 Å².